The van der Waals surface area contributed by atoms with Gasteiger partial charge in [0, 0.05) is 30.5 Å². The summed E-state index contributed by atoms with van der Waals surface area (Å²) in [5.74, 6) is 0.243. The van der Waals surface area contributed by atoms with Crippen LogP contribution in [-0.4, -0.2) is 43.7 Å². The molecule has 0 aliphatic carbocycles. The normalized spacial score (nSPS) is 22.3. The van der Waals surface area contributed by atoms with Crippen LogP contribution in [0.5, 0.6) is 0 Å². The largest absolute Gasteiger partial charge is 0.381 e. The van der Waals surface area contributed by atoms with E-state index in [0.717, 1.165) is 0 Å². The van der Waals surface area contributed by atoms with Gasteiger partial charge in [0.05, 0.1) is 6.61 Å². The second kappa shape index (κ2) is 5.89. The van der Waals surface area contributed by atoms with Gasteiger partial charge in [-0.05, 0) is 17.9 Å². The summed E-state index contributed by atoms with van der Waals surface area (Å²) in [6.07, 6.45) is 0. The molecule has 1 heterocycles. The maximum Gasteiger partial charge on any atom is 0.228 e. The summed E-state index contributed by atoms with van der Waals surface area (Å²) in [7, 11) is 0. The van der Waals surface area contributed by atoms with E-state index >= 15 is 0 Å². The molecule has 17 heavy (non-hydrogen) atoms. The van der Waals surface area contributed by atoms with E-state index in [9.17, 15) is 4.79 Å². The van der Waals surface area contributed by atoms with Crippen molar-refractivity contribution in [2.45, 2.75) is 20.8 Å². The molecule has 1 atom stereocenters. The minimum atomic E-state index is -0.102. The van der Waals surface area contributed by atoms with Gasteiger partial charge >= 0.3 is 0 Å². The van der Waals surface area contributed by atoms with E-state index in [-0.39, 0.29) is 17.9 Å². The number of azide groups is 1. The number of likely N-dealkylation sites (tertiary alicyclic amines) is 1. The van der Waals surface area contributed by atoms with Crippen LogP contribution >= 0.6 is 0 Å². The Kier molecular flexibility index (Phi) is 4.78. The third kappa shape index (κ3) is 3.61. The molecule has 1 fully saturated rings. The lowest BCUT2D eigenvalue weighted by molar-refractivity contribution is -0.129. The molecule has 0 radical (unpaired) electrons. The predicted octanol–water partition coefficient (Wildman–Crippen LogP) is 1.82. The Morgan fingerprint density at radius 1 is 1.65 bits per heavy atom. The fraction of sp³-hybridized carbons (Fsp3) is 0.909. The van der Waals surface area contributed by atoms with E-state index in [2.05, 4.69) is 23.9 Å². The van der Waals surface area contributed by atoms with E-state index in [4.69, 9.17) is 10.3 Å². The van der Waals surface area contributed by atoms with E-state index in [1.165, 1.54) is 0 Å². The highest BCUT2D eigenvalue weighted by Gasteiger charge is 2.40. The number of carbonyl (C=O) groups is 1. The van der Waals surface area contributed by atoms with Crippen molar-refractivity contribution < 1.29 is 9.53 Å². The summed E-state index contributed by atoms with van der Waals surface area (Å²) >= 11 is 0. The molecule has 0 saturated carbocycles. The number of nitrogens with zero attached hydrogens (tertiary/aromatic N) is 4. The fourth-order valence-electron chi connectivity index (χ4n) is 2.12. The number of rotatable bonds is 5. The lowest BCUT2D eigenvalue weighted by Crippen LogP contribution is -2.31. The molecule has 1 aliphatic heterocycles. The number of hydrogen-bond acceptors (Lipinski definition) is 3. The number of amides is 1. The number of ether oxygens (including phenoxy) is 1. The molecule has 6 nitrogen and oxygen atoms in total. The van der Waals surface area contributed by atoms with Crippen molar-refractivity contribution in [3.05, 3.63) is 10.4 Å². The molecular formula is C11H20N4O2. The fourth-order valence-corrected chi connectivity index (χ4v) is 2.12. The highest BCUT2D eigenvalue weighted by atomic mass is 16.5. The van der Waals surface area contributed by atoms with Crippen LogP contribution in [0.25, 0.3) is 10.4 Å². The smallest absolute Gasteiger partial charge is 0.228 e. The van der Waals surface area contributed by atoms with E-state index in [0.29, 0.717) is 32.2 Å². The summed E-state index contributed by atoms with van der Waals surface area (Å²) in [4.78, 5) is 16.1. The first-order valence-corrected chi connectivity index (χ1v) is 5.87. The van der Waals surface area contributed by atoms with Crippen molar-refractivity contribution in [1.29, 1.82) is 0 Å². The molecule has 1 saturated heterocycles. The average Bonchev–Trinajstić information content (AvgIpc) is 2.59. The Balaban J connectivity index is 2.57. The van der Waals surface area contributed by atoms with E-state index in [1.54, 1.807) is 4.90 Å². The van der Waals surface area contributed by atoms with Crippen LogP contribution in [0.2, 0.25) is 0 Å². The van der Waals surface area contributed by atoms with Crippen LogP contribution < -0.4 is 0 Å². The molecule has 0 N–H and O–H groups in total. The van der Waals surface area contributed by atoms with Crippen molar-refractivity contribution in [3.8, 4) is 0 Å². The monoisotopic (exact) mass is 240 g/mol. The average molecular weight is 240 g/mol. The van der Waals surface area contributed by atoms with Crippen LogP contribution in [0.3, 0.4) is 0 Å². The van der Waals surface area contributed by atoms with Gasteiger partial charge in [0.2, 0.25) is 5.91 Å². The van der Waals surface area contributed by atoms with Gasteiger partial charge in [0.15, 0.2) is 0 Å². The highest BCUT2D eigenvalue weighted by Crippen LogP contribution is 2.35. The van der Waals surface area contributed by atoms with Crippen LogP contribution in [0, 0.1) is 11.3 Å². The van der Waals surface area contributed by atoms with Crippen LogP contribution in [0.15, 0.2) is 5.11 Å². The molecule has 1 amide bonds. The van der Waals surface area contributed by atoms with E-state index in [1.807, 2.05) is 6.92 Å². The van der Waals surface area contributed by atoms with Crippen molar-refractivity contribution in [1.82, 2.24) is 4.90 Å². The molecule has 0 aromatic heterocycles. The van der Waals surface area contributed by atoms with Crippen LogP contribution in [0.1, 0.15) is 20.8 Å². The standard InChI is InChI=1S/C11H20N4O2/c1-4-17-7-9-6-15(8-11(9,2)3)10(16)5-13-14-12/h9H,4-8H2,1-3H3/t9-/m0/s1. The number of carbonyl (C=O) groups excluding carboxylic acids is 1. The topological polar surface area (TPSA) is 78.3 Å². The molecule has 1 rings (SSSR count). The maximum atomic E-state index is 11.7. The molecule has 1 aliphatic rings. The summed E-state index contributed by atoms with van der Waals surface area (Å²) < 4.78 is 5.44. The van der Waals surface area contributed by atoms with Crippen molar-refractivity contribution in [3.63, 3.8) is 0 Å². The number of hydrogen-bond donors (Lipinski definition) is 0. The molecular weight excluding hydrogens is 220 g/mol. The molecule has 0 aromatic rings. The molecule has 0 spiro atoms. The van der Waals surface area contributed by atoms with Crippen molar-refractivity contribution in [2.75, 3.05) is 32.8 Å². The predicted molar refractivity (Wildman–Crippen MR) is 64.4 cm³/mol. The van der Waals surface area contributed by atoms with Crippen LogP contribution in [-0.2, 0) is 9.53 Å². The molecule has 6 heteroatoms. The zero-order valence-corrected chi connectivity index (χ0v) is 10.7. The van der Waals surface area contributed by atoms with Gasteiger partial charge in [0.1, 0.15) is 6.54 Å². The Morgan fingerprint density at radius 2 is 2.35 bits per heavy atom. The van der Waals surface area contributed by atoms with Gasteiger partial charge in [-0.3, -0.25) is 4.79 Å². The Morgan fingerprint density at radius 3 is 2.94 bits per heavy atom. The van der Waals surface area contributed by atoms with Gasteiger partial charge in [0.25, 0.3) is 0 Å². The zero-order valence-electron chi connectivity index (χ0n) is 10.7. The zero-order chi connectivity index (χ0) is 12.9. The Labute approximate surface area is 102 Å². The minimum absolute atomic E-state index is 0.0567. The first-order valence-electron chi connectivity index (χ1n) is 5.87. The van der Waals surface area contributed by atoms with Crippen molar-refractivity contribution >= 4 is 5.91 Å². The summed E-state index contributed by atoms with van der Waals surface area (Å²) in [6, 6.07) is 0. The van der Waals surface area contributed by atoms with Gasteiger partial charge in [-0.2, -0.15) is 0 Å². The first-order chi connectivity index (χ1) is 8.01. The summed E-state index contributed by atoms with van der Waals surface area (Å²) in [5, 5.41) is 3.31. The van der Waals surface area contributed by atoms with Gasteiger partial charge < -0.3 is 9.64 Å². The quantitative estimate of drug-likeness (QED) is 0.417. The maximum absolute atomic E-state index is 11.7. The molecule has 0 bridgehead atoms. The lowest BCUT2D eigenvalue weighted by atomic mass is 9.83. The van der Waals surface area contributed by atoms with E-state index < -0.39 is 0 Å². The Bertz CT molecular complexity index is 323. The second-order valence-corrected chi connectivity index (χ2v) is 5.01. The van der Waals surface area contributed by atoms with Crippen LogP contribution in [0.4, 0.5) is 0 Å². The highest BCUT2D eigenvalue weighted by molar-refractivity contribution is 5.78. The lowest BCUT2D eigenvalue weighted by Gasteiger charge is -2.24. The van der Waals surface area contributed by atoms with Crippen molar-refractivity contribution in [2.24, 2.45) is 16.4 Å². The third-order valence-corrected chi connectivity index (χ3v) is 3.29. The van der Waals surface area contributed by atoms with Gasteiger partial charge in [-0.15, -0.1) is 0 Å². The minimum Gasteiger partial charge on any atom is -0.381 e. The molecule has 0 aromatic carbocycles. The molecule has 0 unspecified atom stereocenters. The Hall–Kier alpha value is -1.26. The summed E-state index contributed by atoms with van der Waals surface area (Å²) in [6.45, 7) is 8.90. The molecule has 96 valence electrons. The first kappa shape index (κ1) is 13.8. The van der Waals surface area contributed by atoms with Gasteiger partial charge in [-0.1, -0.05) is 19.0 Å². The van der Waals surface area contributed by atoms with Gasteiger partial charge in [-0.25, -0.2) is 0 Å². The second-order valence-electron chi connectivity index (χ2n) is 5.01. The SMILES string of the molecule is CCOC[C@@H]1CN(C(=O)CN=[N+]=[N-])CC1(C)C. The third-order valence-electron chi connectivity index (χ3n) is 3.29. The summed E-state index contributed by atoms with van der Waals surface area (Å²) in [5.41, 5.74) is 8.25.